The molecule has 0 spiro atoms. The molecule has 3 nitrogen and oxygen atoms in total. The minimum atomic E-state index is 0.248. The molecule has 0 aromatic heterocycles. The zero-order chi connectivity index (χ0) is 11.4. The molecule has 0 aliphatic carbocycles. The molecule has 2 heterocycles. The van der Waals surface area contributed by atoms with Crippen LogP contribution in [0.3, 0.4) is 0 Å². The van der Waals surface area contributed by atoms with Gasteiger partial charge in [-0.15, -0.1) is 0 Å². The maximum Gasteiger partial charge on any atom is 0.226 e. The molecule has 0 bridgehead atoms. The van der Waals surface area contributed by atoms with Crippen LogP contribution in [-0.4, -0.2) is 46.6 Å². The molecule has 2 atom stereocenters. The molecule has 92 valence electrons. The van der Waals surface area contributed by atoms with Crippen LogP contribution in [0.15, 0.2) is 0 Å². The Hall–Kier alpha value is -0.220. The van der Waals surface area contributed by atoms with Crippen LogP contribution in [-0.2, 0) is 4.79 Å². The van der Waals surface area contributed by atoms with E-state index in [0.717, 1.165) is 50.2 Å². The third-order valence-electron chi connectivity index (χ3n) is 3.63. The van der Waals surface area contributed by atoms with Gasteiger partial charge in [-0.05, 0) is 37.9 Å². The third kappa shape index (κ3) is 2.72. The van der Waals surface area contributed by atoms with Crippen LogP contribution in [0.2, 0.25) is 0 Å². The number of hydrogen-bond acceptors (Lipinski definition) is 3. The second-order valence-electron chi connectivity index (χ2n) is 4.75. The second-order valence-corrected chi connectivity index (χ2v) is 5.90. The molecule has 2 unspecified atom stereocenters. The van der Waals surface area contributed by atoms with E-state index in [1.807, 2.05) is 11.8 Å². The van der Waals surface area contributed by atoms with E-state index < -0.39 is 0 Å². The Morgan fingerprint density at radius 3 is 3.00 bits per heavy atom. The molecule has 2 rings (SSSR count). The predicted octanol–water partition coefficient (Wildman–Crippen LogP) is 1.50. The van der Waals surface area contributed by atoms with Crippen LogP contribution in [0.5, 0.6) is 0 Å². The summed E-state index contributed by atoms with van der Waals surface area (Å²) in [6.07, 6.45) is 5.13. The van der Waals surface area contributed by atoms with Gasteiger partial charge in [0.25, 0.3) is 0 Å². The van der Waals surface area contributed by atoms with Crippen molar-refractivity contribution in [3.63, 3.8) is 0 Å². The fraction of sp³-hybridized carbons (Fsp3) is 0.917. The Bertz CT molecular complexity index is 241. The van der Waals surface area contributed by atoms with Gasteiger partial charge in [0, 0.05) is 30.9 Å². The summed E-state index contributed by atoms with van der Waals surface area (Å²) in [5.74, 6) is 2.82. The van der Waals surface area contributed by atoms with Crippen LogP contribution in [0.1, 0.15) is 32.1 Å². The van der Waals surface area contributed by atoms with Crippen LogP contribution >= 0.6 is 11.8 Å². The van der Waals surface area contributed by atoms with Gasteiger partial charge >= 0.3 is 0 Å². The number of thioether (sulfide) groups is 1. The summed E-state index contributed by atoms with van der Waals surface area (Å²) in [7, 11) is 0. The van der Waals surface area contributed by atoms with E-state index in [1.165, 1.54) is 0 Å². The molecule has 16 heavy (non-hydrogen) atoms. The number of rotatable bonds is 4. The Morgan fingerprint density at radius 1 is 1.44 bits per heavy atom. The van der Waals surface area contributed by atoms with E-state index in [1.54, 1.807) is 0 Å². The highest BCUT2D eigenvalue weighted by Gasteiger charge is 2.33. The summed E-state index contributed by atoms with van der Waals surface area (Å²) in [6.45, 7) is 1.19. The summed E-state index contributed by atoms with van der Waals surface area (Å²) in [6, 6.07) is 0.408. The van der Waals surface area contributed by atoms with Gasteiger partial charge in [-0.25, -0.2) is 0 Å². The highest BCUT2D eigenvalue weighted by molar-refractivity contribution is 7.99. The summed E-state index contributed by atoms with van der Waals surface area (Å²) < 4.78 is 0. The number of nitrogens with zero attached hydrogens (tertiary/aromatic N) is 1. The molecule has 2 aliphatic rings. The first-order valence-corrected chi connectivity index (χ1v) is 7.47. The van der Waals surface area contributed by atoms with Crippen molar-refractivity contribution in [2.45, 2.75) is 38.1 Å². The third-order valence-corrected chi connectivity index (χ3v) is 4.80. The van der Waals surface area contributed by atoms with Crippen LogP contribution < -0.4 is 0 Å². The lowest BCUT2D eigenvalue weighted by Crippen LogP contribution is -2.39. The van der Waals surface area contributed by atoms with E-state index in [4.69, 9.17) is 5.11 Å². The first kappa shape index (κ1) is 12.2. The van der Waals surface area contributed by atoms with Crippen molar-refractivity contribution in [1.82, 2.24) is 4.90 Å². The number of aliphatic hydroxyl groups is 1. The van der Waals surface area contributed by atoms with E-state index in [0.29, 0.717) is 11.9 Å². The molecule has 0 aromatic rings. The lowest BCUT2D eigenvalue weighted by molar-refractivity contribution is -0.135. The summed E-state index contributed by atoms with van der Waals surface area (Å²) >= 11 is 1.90. The maximum atomic E-state index is 12.3. The lowest BCUT2D eigenvalue weighted by Gasteiger charge is -2.27. The van der Waals surface area contributed by atoms with Gasteiger partial charge in [-0.3, -0.25) is 4.79 Å². The number of carbonyl (C=O) groups excluding carboxylic acids is 1. The van der Waals surface area contributed by atoms with Gasteiger partial charge in [-0.1, -0.05) is 0 Å². The number of hydrogen-bond donors (Lipinski definition) is 1. The van der Waals surface area contributed by atoms with Crippen molar-refractivity contribution in [3.8, 4) is 0 Å². The molecule has 2 saturated heterocycles. The highest BCUT2D eigenvalue weighted by atomic mass is 32.2. The first-order chi connectivity index (χ1) is 7.83. The second kappa shape index (κ2) is 5.92. The van der Waals surface area contributed by atoms with E-state index in [9.17, 15) is 4.79 Å². The highest BCUT2D eigenvalue weighted by Crippen LogP contribution is 2.29. The molecule has 2 aliphatic heterocycles. The summed E-state index contributed by atoms with van der Waals surface area (Å²) in [5.41, 5.74) is 0. The zero-order valence-corrected chi connectivity index (χ0v) is 10.5. The smallest absolute Gasteiger partial charge is 0.226 e. The topological polar surface area (TPSA) is 40.5 Å². The molecular formula is C12H21NO2S. The van der Waals surface area contributed by atoms with E-state index in [-0.39, 0.29) is 12.5 Å². The van der Waals surface area contributed by atoms with Gasteiger partial charge in [0.2, 0.25) is 5.91 Å². The Labute approximate surface area is 102 Å². The van der Waals surface area contributed by atoms with E-state index in [2.05, 4.69) is 4.90 Å². The van der Waals surface area contributed by atoms with Crippen molar-refractivity contribution in [3.05, 3.63) is 0 Å². The van der Waals surface area contributed by atoms with Crippen molar-refractivity contribution < 1.29 is 9.90 Å². The average molecular weight is 243 g/mol. The van der Waals surface area contributed by atoms with Crippen molar-refractivity contribution in [2.24, 2.45) is 5.92 Å². The van der Waals surface area contributed by atoms with Crippen molar-refractivity contribution >= 4 is 17.7 Å². The minimum absolute atomic E-state index is 0.248. The normalized spacial score (nSPS) is 29.9. The fourth-order valence-corrected chi connectivity index (χ4v) is 3.93. The Balaban J connectivity index is 1.88. The van der Waals surface area contributed by atoms with Crippen LogP contribution in [0, 0.1) is 5.92 Å². The number of aliphatic hydroxyl groups excluding tert-OH is 1. The van der Waals surface area contributed by atoms with Crippen LogP contribution in [0.25, 0.3) is 0 Å². The number of amides is 1. The lowest BCUT2D eigenvalue weighted by atomic mass is 10.1. The SMILES string of the molecule is O=C(C1CCSC1)N1CCCC1CCCO. The molecule has 0 radical (unpaired) electrons. The monoisotopic (exact) mass is 243 g/mol. The van der Waals surface area contributed by atoms with Crippen molar-refractivity contribution in [2.75, 3.05) is 24.7 Å². The van der Waals surface area contributed by atoms with Gasteiger partial charge in [-0.2, -0.15) is 11.8 Å². The van der Waals surface area contributed by atoms with Gasteiger partial charge in [0.05, 0.1) is 0 Å². The largest absolute Gasteiger partial charge is 0.396 e. The average Bonchev–Trinajstić information content (AvgIpc) is 2.96. The molecule has 2 fully saturated rings. The first-order valence-electron chi connectivity index (χ1n) is 6.32. The van der Waals surface area contributed by atoms with Gasteiger partial charge in [0.15, 0.2) is 0 Å². The summed E-state index contributed by atoms with van der Waals surface area (Å²) in [4.78, 5) is 14.4. The zero-order valence-electron chi connectivity index (χ0n) is 9.73. The molecule has 1 N–H and O–H groups in total. The molecule has 1 amide bonds. The Morgan fingerprint density at radius 2 is 2.31 bits per heavy atom. The summed E-state index contributed by atoms with van der Waals surface area (Å²) in [5, 5.41) is 8.86. The molecule has 0 saturated carbocycles. The maximum absolute atomic E-state index is 12.3. The molecular weight excluding hydrogens is 222 g/mol. The Kier molecular flexibility index (Phi) is 4.53. The standard InChI is InChI=1S/C12H21NO2S/c14-7-2-4-11-3-1-6-13(11)12(15)10-5-8-16-9-10/h10-11,14H,1-9H2. The van der Waals surface area contributed by atoms with Crippen LogP contribution in [0.4, 0.5) is 0 Å². The number of carbonyl (C=O) groups is 1. The predicted molar refractivity (Wildman–Crippen MR) is 66.5 cm³/mol. The minimum Gasteiger partial charge on any atom is -0.396 e. The fourth-order valence-electron chi connectivity index (χ4n) is 2.72. The number of likely N-dealkylation sites (tertiary alicyclic amines) is 1. The van der Waals surface area contributed by atoms with Crippen molar-refractivity contribution in [1.29, 1.82) is 0 Å². The molecule has 0 aromatic carbocycles. The quantitative estimate of drug-likeness (QED) is 0.813. The van der Waals surface area contributed by atoms with Gasteiger partial charge < -0.3 is 10.0 Å². The van der Waals surface area contributed by atoms with E-state index >= 15 is 0 Å². The van der Waals surface area contributed by atoms with Gasteiger partial charge in [0.1, 0.15) is 0 Å². The molecule has 4 heteroatoms.